The van der Waals surface area contributed by atoms with Crippen LogP contribution in [0.25, 0.3) is 0 Å². The molecule has 0 aliphatic heterocycles. The van der Waals surface area contributed by atoms with E-state index in [0.29, 0.717) is 0 Å². The molecule has 92 valence electrons. The Labute approximate surface area is 104 Å². The number of rotatable bonds is 5. The van der Waals surface area contributed by atoms with Crippen molar-refractivity contribution in [2.75, 3.05) is 16.8 Å². The largest absolute Gasteiger partial charge is 0.377 e. The van der Waals surface area contributed by atoms with E-state index in [0.717, 1.165) is 23.6 Å². The normalized spacial score (nSPS) is 11.9. The van der Waals surface area contributed by atoms with Crippen molar-refractivity contribution in [3.63, 3.8) is 0 Å². The van der Waals surface area contributed by atoms with Gasteiger partial charge in [0.25, 0.3) is 0 Å². The number of nitriles is 1. The van der Waals surface area contributed by atoms with E-state index in [9.17, 15) is 8.78 Å². The number of hydrogen-bond acceptors (Lipinski definition) is 3. The third-order valence-electron chi connectivity index (χ3n) is 2.13. The lowest BCUT2D eigenvalue weighted by Gasteiger charge is -2.15. The summed E-state index contributed by atoms with van der Waals surface area (Å²) in [7, 11) is 0. The molecule has 0 radical (unpaired) electrons. The van der Waals surface area contributed by atoms with Crippen molar-refractivity contribution in [1.82, 2.24) is 0 Å². The molecule has 0 fully saturated rings. The molecule has 0 saturated carbocycles. The van der Waals surface area contributed by atoms with Crippen LogP contribution in [0, 0.1) is 23.0 Å². The van der Waals surface area contributed by atoms with E-state index in [1.807, 2.05) is 13.8 Å². The summed E-state index contributed by atoms with van der Waals surface area (Å²) in [4.78, 5) is 0. The molecular formula is C12H14F2N2S. The average molecular weight is 256 g/mol. The van der Waals surface area contributed by atoms with Gasteiger partial charge in [-0.1, -0.05) is 6.92 Å². The minimum atomic E-state index is -0.727. The first-order chi connectivity index (χ1) is 8.08. The Balaban J connectivity index is 2.81. The second-order valence-corrected chi connectivity index (χ2v) is 4.95. The van der Waals surface area contributed by atoms with Gasteiger partial charge in [0.15, 0.2) is 11.6 Å². The molecule has 17 heavy (non-hydrogen) atoms. The summed E-state index contributed by atoms with van der Waals surface area (Å²) in [6.45, 7) is 3.89. The smallest absolute Gasteiger partial charge is 0.150 e. The number of thioether (sulfide) groups is 1. The molecule has 1 aromatic rings. The lowest BCUT2D eigenvalue weighted by atomic mass is 10.2. The summed E-state index contributed by atoms with van der Waals surface area (Å²) in [5.41, 5.74) is -0.172. The van der Waals surface area contributed by atoms with E-state index in [4.69, 9.17) is 5.26 Å². The summed E-state index contributed by atoms with van der Waals surface area (Å²) in [6, 6.07) is 3.75. The van der Waals surface area contributed by atoms with Crippen molar-refractivity contribution < 1.29 is 8.78 Å². The summed E-state index contributed by atoms with van der Waals surface area (Å²) in [6.07, 6.45) is 0. The molecule has 1 unspecified atom stereocenters. The Bertz CT molecular complexity index is 406. The van der Waals surface area contributed by atoms with E-state index in [1.54, 1.807) is 17.8 Å². The predicted octanol–water partition coefficient (Wildman–Crippen LogP) is 3.39. The van der Waals surface area contributed by atoms with Crippen LogP contribution in [-0.2, 0) is 0 Å². The van der Waals surface area contributed by atoms with Crippen LogP contribution in [0.1, 0.15) is 19.4 Å². The molecule has 5 heteroatoms. The number of halogens is 2. The monoisotopic (exact) mass is 256 g/mol. The highest BCUT2D eigenvalue weighted by Crippen LogP contribution is 2.21. The van der Waals surface area contributed by atoms with E-state index in [-0.39, 0.29) is 17.3 Å². The van der Waals surface area contributed by atoms with Crippen LogP contribution in [0.4, 0.5) is 14.5 Å². The zero-order chi connectivity index (χ0) is 12.8. The van der Waals surface area contributed by atoms with Crippen molar-refractivity contribution in [2.24, 2.45) is 0 Å². The highest BCUT2D eigenvalue weighted by molar-refractivity contribution is 7.99. The maximum Gasteiger partial charge on any atom is 0.150 e. The second-order valence-electron chi connectivity index (χ2n) is 3.63. The van der Waals surface area contributed by atoms with Gasteiger partial charge >= 0.3 is 0 Å². The standard InChI is InChI=1S/C12H14F2N2S/c1-3-17-7-8(2)16-12-10(13)4-9(6-15)5-11(12)14/h4-5,8,16H,3,7H2,1-2H3. The Morgan fingerprint density at radius 1 is 1.41 bits per heavy atom. The van der Waals surface area contributed by atoms with E-state index in [2.05, 4.69) is 5.32 Å². The molecule has 0 amide bonds. The third kappa shape index (κ3) is 3.90. The predicted molar refractivity (Wildman–Crippen MR) is 67.2 cm³/mol. The summed E-state index contributed by atoms with van der Waals surface area (Å²) in [5, 5.41) is 11.4. The Kier molecular flexibility index (Phi) is 5.23. The zero-order valence-electron chi connectivity index (χ0n) is 9.76. The average Bonchev–Trinajstić information content (AvgIpc) is 2.30. The number of benzene rings is 1. The minimum absolute atomic E-state index is 0.0128. The fourth-order valence-electron chi connectivity index (χ4n) is 1.36. The van der Waals surface area contributed by atoms with Crippen molar-refractivity contribution in [3.8, 4) is 6.07 Å². The first kappa shape index (κ1) is 13.8. The number of nitrogens with one attached hydrogen (secondary N) is 1. The van der Waals surface area contributed by atoms with Gasteiger partial charge in [0, 0.05) is 11.8 Å². The van der Waals surface area contributed by atoms with Crippen LogP contribution >= 0.6 is 11.8 Å². The molecule has 0 aliphatic carbocycles. The van der Waals surface area contributed by atoms with E-state index >= 15 is 0 Å². The van der Waals surface area contributed by atoms with Gasteiger partial charge in [-0.3, -0.25) is 0 Å². The maximum absolute atomic E-state index is 13.5. The van der Waals surface area contributed by atoms with E-state index < -0.39 is 11.6 Å². The van der Waals surface area contributed by atoms with Crippen LogP contribution in [-0.4, -0.2) is 17.5 Å². The van der Waals surface area contributed by atoms with Crippen molar-refractivity contribution >= 4 is 17.4 Å². The number of hydrogen-bond donors (Lipinski definition) is 1. The second kappa shape index (κ2) is 6.45. The fraction of sp³-hybridized carbons (Fsp3) is 0.417. The summed E-state index contributed by atoms with van der Waals surface area (Å²) in [5.74, 6) is 0.282. The molecular weight excluding hydrogens is 242 g/mol. The maximum atomic E-state index is 13.5. The van der Waals surface area contributed by atoms with Gasteiger partial charge in [-0.05, 0) is 24.8 Å². The van der Waals surface area contributed by atoms with Gasteiger partial charge in [0.1, 0.15) is 5.69 Å². The molecule has 1 N–H and O–H groups in total. The Hall–Kier alpha value is -1.28. The molecule has 0 saturated heterocycles. The quantitative estimate of drug-likeness (QED) is 0.877. The van der Waals surface area contributed by atoms with Crippen LogP contribution < -0.4 is 5.32 Å². The molecule has 0 bridgehead atoms. The molecule has 1 atom stereocenters. The first-order valence-electron chi connectivity index (χ1n) is 5.32. The SMILES string of the molecule is CCSCC(C)Nc1c(F)cc(C#N)cc1F. The van der Waals surface area contributed by atoms with Gasteiger partial charge in [0.2, 0.25) is 0 Å². The lowest BCUT2D eigenvalue weighted by molar-refractivity contribution is 0.584. The van der Waals surface area contributed by atoms with E-state index in [1.165, 1.54) is 0 Å². The van der Waals surface area contributed by atoms with Gasteiger partial charge in [0.05, 0.1) is 11.6 Å². The Morgan fingerprint density at radius 3 is 2.47 bits per heavy atom. The van der Waals surface area contributed by atoms with Gasteiger partial charge in [-0.15, -0.1) is 0 Å². The highest BCUT2D eigenvalue weighted by Gasteiger charge is 2.13. The molecule has 1 aromatic carbocycles. The molecule has 0 spiro atoms. The van der Waals surface area contributed by atoms with Gasteiger partial charge in [-0.25, -0.2) is 8.78 Å². The fourth-order valence-corrected chi connectivity index (χ4v) is 2.03. The van der Waals surface area contributed by atoms with Crippen LogP contribution in [0.5, 0.6) is 0 Å². The third-order valence-corrected chi connectivity index (χ3v) is 3.28. The lowest BCUT2D eigenvalue weighted by Crippen LogP contribution is -2.20. The van der Waals surface area contributed by atoms with Crippen molar-refractivity contribution in [2.45, 2.75) is 19.9 Å². The summed E-state index contributed by atoms with van der Waals surface area (Å²) >= 11 is 1.70. The topological polar surface area (TPSA) is 35.8 Å². The van der Waals surface area contributed by atoms with Crippen LogP contribution in [0.3, 0.4) is 0 Å². The number of nitrogens with zero attached hydrogens (tertiary/aromatic N) is 1. The first-order valence-corrected chi connectivity index (χ1v) is 6.47. The van der Waals surface area contributed by atoms with Crippen LogP contribution in [0.2, 0.25) is 0 Å². The zero-order valence-corrected chi connectivity index (χ0v) is 10.6. The van der Waals surface area contributed by atoms with Crippen molar-refractivity contribution in [3.05, 3.63) is 29.3 Å². The molecule has 2 nitrogen and oxygen atoms in total. The summed E-state index contributed by atoms with van der Waals surface area (Å²) < 4.78 is 27.0. The molecule has 0 aromatic heterocycles. The molecule has 0 heterocycles. The molecule has 0 aliphatic rings. The highest BCUT2D eigenvalue weighted by atomic mass is 32.2. The van der Waals surface area contributed by atoms with Gasteiger partial charge in [-0.2, -0.15) is 17.0 Å². The minimum Gasteiger partial charge on any atom is -0.377 e. The number of anilines is 1. The van der Waals surface area contributed by atoms with Crippen LogP contribution in [0.15, 0.2) is 12.1 Å². The van der Waals surface area contributed by atoms with Crippen molar-refractivity contribution in [1.29, 1.82) is 5.26 Å². The van der Waals surface area contributed by atoms with Gasteiger partial charge < -0.3 is 5.32 Å². The Morgan fingerprint density at radius 2 is 2.00 bits per heavy atom. The molecule has 1 rings (SSSR count).